The number of nitrogens with two attached hydrogens (primary N) is 2. The van der Waals surface area contributed by atoms with Gasteiger partial charge in [0, 0.05) is 100 Å². The molecule has 0 radical (unpaired) electrons. The average Bonchev–Trinajstić information content (AvgIpc) is 2.79. The minimum atomic E-state index is -1.04. The van der Waals surface area contributed by atoms with E-state index in [0.717, 1.165) is 0 Å². The van der Waals surface area contributed by atoms with Gasteiger partial charge in [-0.1, -0.05) is 76.3 Å². The van der Waals surface area contributed by atoms with Crippen LogP contribution in [0, 0.1) is 23.7 Å². The van der Waals surface area contributed by atoms with Crippen LogP contribution in [-0.2, 0) is 50.9 Å². The SMILES string of the molecule is CO[C@H]1C=CC=C(C)C(=O)Nc2cc(O)c(N=CCCNCCC=Nc3c(O)cc4c(O)c3C[C@H](C)C[C@@H](OC)[C@@H](O)[C@H](C)C=C(C)[C@@H](OC(N)=O)[C@H](OC)C=CC=C(C)C(=O)N4)c(c2O)C[C@@H](C)C[C@H](OC)[C@H](O)[C@@H](C)C=C(C)[C@@H]1OC(N)=O. The minimum Gasteiger partial charge on any atom is -0.506 e. The summed E-state index contributed by atoms with van der Waals surface area (Å²) in [6.07, 6.45) is 8.43. The predicted octanol–water partition coefficient (Wildman–Crippen LogP) is 7.90. The summed E-state index contributed by atoms with van der Waals surface area (Å²) in [5.74, 6) is -3.98. The number of aliphatic imine (C=N–C) groups is 2. The Kier molecular flexibility index (Phi) is 28.0. The minimum absolute atomic E-state index is 0.0571. The molecule has 0 unspecified atom stereocenters. The first kappa shape index (κ1) is 70.1. The maximum absolute atomic E-state index is 13.5. The van der Waals surface area contributed by atoms with Crippen LogP contribution in [0.5, 0.6) is 23.0 Å². The van der Waals surface area contributed by atoms with Crippen LogP contribution >= 0.6 is 0 Å². The molecule has 2 heterocycles. The molecular weight excluding hydrogens is 1100 g/mol. The number of ether oxygens (including phenoxy) is 6. The predicted molar refractivity (Wildman–Crippen MR) is 326 cm³/mol. The Morgan fingerprint density at radius 1 is 0.624 bits per heavy atom. The van der Waals surface area contributed by atoms with E-state index in [1.54, 1.807) is 90.4 Å². The van der Waals surface area contributed by atoms with Gasteiger partial charge >= 0.3 is 12.2 Å². The number of primary amides is 2. The molecule has 2 aromatic carbocycles. The van der Waals surface area contributed by atoms with E-state index in [0.29, 0.717) is 49.9 Å². The highest BCUT2D eigenvalue weighted by molar-refractivity contribution is 6.05. The van der Waals surface area contributed by atoms with Crippen LogP contribution in [0.15, 0.2) is 93.0 Å². The van der Waals surface area contributed by atoms with Crippen LogP contribution in [0.3, 0.4) is 0 Å². The highest BCUT2D eigenvalue weighted by atomic mass is 16.6. The van der Waals surface area contributed by atoms with Gasteiger partial charge in [0.2, 0.25) is 0 Å². The number of phenolic OH excluding ortho intramolecular Hbond substituents is 4. The van der Waals surface area contributed by atoms with Gasteiger partial charge < -0.3 is 86.5 Å². The van der Waals surface area contributed by atoms with E-state index in [1.807, 2.05) is 13.8 Å². The number of nitrogens with one attached hydrogen (secondary N) is 3. The number of phenols is 4. The van der Waals surface area contributed by atoms with Gasteiger partial charge in [-0.3, -0.25) is 19.6 Å². The molecule has 0 aromatic heterocycles. The lowest BCUT2D eigenvalue weighted by atomic mass is 9.87. The summed E-state index contributed by atoms with van der Waals surface area (Å²) in [6.45, 7) is 14.8. The van der Waals surface area contributed by atoms with Crippen molar-refractivity contribution in [2.75, 3.05) is 52.2 Å². The van der Waals surface area contributed by atoms with Gasteiger partial charge in [-0.15, -0.1) is 0 Å². The van der Waals surface area contributed by atoms with E-state index in [2.05, 4.69) is 25.9 Å². The molecule has 0 aliphatic carbocycles. The lowest BCUT2D eigenvalue weighted by Gasteiger charge is -2.29. The molecule has 468 valence electrons. The number of methoxy groups -OCH3 is 4. The van der Waals surface area contributed by atoms with Gasteiger partial charge in [-0.2, -0.15) is 0 Å². The number of hydrogen-bond acceptors (Lipinski definition) is 19. The molecule has 4 amide bonds. The van der Waals surface area contributed by atoms with Crippen LogP contribution in [0.1, 0.15) is 92.2 Å². The van der Waals surface area contributed by atoms with E-state index in [1.165, 1.54) is 52.7 Å². The number of carbonyl (C=O) groups excluding carboxylic acids is 4. The second kappa shape index (κ2) is 33.9. The third kappa shape index (κ3) is 20.4. The molecular formula is C62H89N7O16. The van der Waals surface area contributed by atoms with Crippen molar-refractivity contribution in [3.63, 3.8) is 0 Å². The number of rotatable bonds is 14. The monoisotopic (exact) mass is 1190 g/mol. The first-order valence-electron chi connectivity index (χ1n) is 28.3. The third-order valence-electron chi connectivity index (χ3n) is 14.9. The zero-order valence-corrected chi connectivity index (χ0v) is 50.8. The van der Waals surface area contributed by atoms with Gasteiger partial charge in [-0.25, -0.2) is 9.59 Å². The standard InChI is InChI=1S/C62H89N7O16/c1-33-25-41-51(45(70)31-43(55(41)74)68-59(76)35(3)17-13-19-47(80-9)57(84-61(63)78)39(7)29-37(5)53(72)49(27-33)82-11)66-23-15-21-65-22-16-24-67-52-42-26-34(2)28-50(83-12)54(73)38(6)30-40(8)58(85-62(64)79)48(81-10)20-14-18-36(4)60(77)69-44(56(42)75)32-46(52)71/h13-14,17-20,23-24,29-34,37-38,47-50,53-54,57-58,65,70-75H,15-16,21-22,25-28H2,1-12H3,(H2,63,78)(H2,64,79)(H,68,76)(H,69,77)/t33-,34+,37+,38-,47+,48-,49+,50-,53-,54+,57+,58-. The molecule has 0 saturated heterocycles. The number of aliphatic hydroxyl groups excluding tert-OH is 2. The summed E-state index contributed by atoms with van der Waals surface area (Å²) >= 11 is 0. The van der Waals surface area contributed by atoms with Crippen molar-refractivity contribution >= 4 is 59.2 Å². The average molecular weight is 1190 g/mol. The zero-order valence-electron chi connectivity index (χ0n) is 50.8. The fourth-order valence-corrected chi connectivity index (χ4v) is 10.2. The van der Waals surface area contributed by atoms with E-state index >= 15 is 0 Å². The van der Waals surface area contributed by atoms with Crippen LogP contribution in [-0.4, -0.2) is 157 Å². The van der Waals surface area contributed by atoms with Crippen molar-refractivity contribution in [3.8, 4) is 23.0 Å². The molecule has 2 aromatic rings. The summed E-state index contributed by atoms with van der Waals surface area (Å²) < 4.78 is 33.7. The number of anilines is 2. The van der Waals surface area contributed by atoms with E-state index in [-0.39, 0.29) is 92.7 Å². The normalized spacial score (nSPS) is 26.5. The van der Waals surface area contributed by atoms with Crippen LogP contribution in [0.25, 0.3) is 0 Å². The Labute approximate surface area is 498 Å². The number of allylic oxidation sites excluding steroid dienone is 4. The van der Waals surface area contributed by atoms with Gasteiger partial charge in [-0.05, 0) is 89.2 Å². The number of nitrogens with zero attached hydrogens (tertiary/aromatic N) is 2. The second-order valence-corrected chi connectivity index (χ2v) is 21.8. The van der Waals surface area contributed by atoms with Gasteiger partial charge in [0.1, 0.15) is 46.6 Å². The Morgan fingerprint density at radius 3 is 1.32 bits per heavy atom. The molecule has 13 N–H and O–H groups in total. The van der Waals surface area contributed by atoms with Crippen molar-refractivity contribution in [2.24, 2.45) is 45.1 Å². The number of benzene rings is 2. The largest absolute Gasteiger partial charge is 0.506 e. The maximum Gasteiger partial charge on any atom is 0.405 e. The van der Waals surface area contributed by atoms with Crippen LogP contribution in [0.2, 0.25) is 0 Å². The van der Waals surface area contributed by atoms with Crippen molar-refractivity contribution < 1.29 is 78.2 Å². The first-order chi connectivity index (χ1) is 40.3. The number of aromatic hydroxyl groups is 4. The number of aliphatic hydroxyl groups is 2. The van der Waals surface area contributed by atoms with Gasteiger partial charge in [0.05, 0.1) is 35.8 Å². The summed E-state index contributed by atoms with van der Waals surface area (Å²) in [5.41, 5.74) is 13.0. The second-order valence-electron chi connectivity index (χ2n) is 21.8. The van der Waals surface area contributed by atoms with E-state index in [4.69, 9.17) is 39.9 Å². The van der Waals surface area contributed by atoms with Gasteiger partial charge in [0.25, 0.3) is 11.8 Å². The van der Waals surface area contributed by atoms with Crippen molar-refractivity contribution in [1.29, 1.82) is 0 Å². The van der Waals surface area contributed by atoms with Crippen molar-refractivity contribution in [2.45, 2.75) is 143 Å². The Balaban J connectivity index is 1.57. The topological polar surface area (TPSA) is 358 Å². The molecule has 85 heavy (non-hydrogen) atoms. The molecule has 23 heteroatoms. The maximum atomic E-state index is 13.5. The molecule has 0 saturated carbocycles. The summed E-state index contributed by atoms with van der Waals surface area (Å²) in [4.78, 5) is 60.1. The number of amides is 4. The Bertz CT molecular complexity index is 2690. The smallest absolute Gasteiger partial charge is 0.405 e. The molecule has 2 aliphatic heterocycles. The fraction of sp³-hybridized carbons (Fsp3) is 0.516. The highest BCUT2D eigenvalue weighted by Crippen LogP contribution is 2.46. The van der Waals surface area contributed by atoms with E-state index in [9.17, 15) is 49.8 Å². The highest BCUT2D eigenvalue weighted by Gasteiger charge is 2.33. The molecule has 23 nitrogen and oxygen atoms in total. The quantitative estimate of drug-likeness (QED) is 0.0281. The third-order valence-corrected chi connectivity index (χ3v) is 14.9. The number of hydrogen-bond donors (Lipinski definition) is 11. The number of carbonyl (C=O) groups is 4. The molecule has 2 aliphatic rings. The molecule has 0 fully saturated rings. The van der Waals surface area contributed by atoms with Crippen molar-refractivity contribution in [1.82, 2.24) is 5.32 Å². The summed E-state index contributed by atoms with van der Waals surface area (Å²) in [6, 6.07) is 2.44. The molecule has 4 rings (SSSR count). The van der Waals surface area contributed by atoms with Crippen LogP contribution in [0.4, 0.5) is 32.3 Å². The van der Waals surface area contributed by atoms with E-state index < -0.39 is 84.7 Å². The Morgan fingerprint density at radius 2 is 0.988 bits per heavy atom. The molecule has 0 spiro atoms. The number of fused-ring (bicyclic) bond motifs is 4. The van der Waals surface area contributed by atoms with Crippen LogP contribution < -0.4 is 27.4 Å². The Hall–Kier alpha value is -7.38. The van der Waals surface area contributed by atoms with Gasteiger partial charge in [0.15, 0.2) is 12.2 Å². The molecule has 4 bridgehead atoms. The zero-order chi connectivity index (χ0) is 63.2. The lowest BCUT2D eigenvalue weighted by molar-refractivity contribution is -0.113. The first-order valence-corrected chi connectivity index (χ1v) is 28.3. The lowest BCUT2D eigenvalue weighted by Crippen LogP contribution is -2.37. The van der Waals surface area contributed by atoms with Crippen molar-refractivity contribution in [3.05, 3.63) is 94.2 Å². The fourth-order valence-electron chi connectivity index (χ4n) is 10.2. The summed E-state index contributed by atoms with van der Waals surface area (Å²) in [7, 11) is 5.80. The molecule has 12 atom stereocenters. The summed E-state index contributed by atoms with van der Waals surface area (Å²) in [5, 5.41) is 78.2.